The molecule has 0 bridgehead atoms. The van der Waals surface area contributed by atoms with Crippen molar-refractivity contribution in [2.24, 2.45) is 0 Å². The lowest BCUT2D eigenvalue weighted by Crippen LogP contribution is -2.43. The Hall–Kier alpha value is -2.09. The molecule has 1 atom stereocenters. The van der Waals surface area contributed by atoms with E-state index in [1.807, 2.05) is 6.92 Å². The van der Waals surface area contributed by atoms with Crippen molar-refractivity contribution in [3.63, 3.8) is 0 Å². The SMILES string of the molecule is Cc1ccc(S(=O)(=O)N(CC(=O)NCC2CCCO2)c2cc(Cl)ccc2C)cc1. The number of nitrogens with zero attached hydrogens (tertiary/aromatic N) is 1. The number of aryl methyl sites for hydroxylation is 2. The van der Waals surface area contributed by atoms with Crippen LogP contribution in [0.4, 0.5) is 5.69 Å². The van der Waals surface area contributed by atoms with Crippen LogP contribution in [0, 0.1) is 13.8 Å². The van der Waals surface area contributed by atoms with Crippen LogP contribution in [0.25, 0.3) is 0 Å². The number of benzene rings is 2. The van der Waals surface area contributed by atoms with E-state index in [9.17, 15) is 13.2 Å². The predicted octanol–water partition coefficient (Wildman–Crippen LogP) is 3.45. The summed E-state index contributed by atoms with van der Waals surface area (Å²) in [7, 11) is -3.96. The first-order chi connectivity index (χ1) is 13.8. The van der Waals surface area contributed by atoms with Crippen LogP contribution in [-0.4, -0.2) is 40.1 Å². The Morgan fingerprint density at radius 1 is 1.21 bits per heavy atom. The van der Waals surface area contributed by atoms with Crippen molar-refractivity contribution in [2.75, 3.05) is 24.0 Å². The van der Waals surface area contributed by atoms with Crippen LogP contribution >= 0.6 is 11.6 Å². The summed E-state index contributed by atoms with van der Waals surface area (Å²) in [5.41, 5.74) is 2.03. The van der Waals surface area contributed by atoms with E-state index in [-0.39, 0.29) is 17.5 Å². The molecular formula is C21H25ClN2O4S. The number of carbonyl (C=O) groups is 1. The number of hydrogen-bond acceptors (Lipinski definition) is 4. The second-order valence-electron chi connectivity index (χ2n) is 7.19. The Kier molecular flexibility index (Phi) is 6.82. The summed E-state index contributed by atoms with van der Waals surface area (Å²) in [5, 5.41) is 3.19. The third-order valence-electron chi connectivity index (χ3n) is 4.89. The molecule has 156 valence electrons. The molecule has 1 unspecified atom stereocenters. The van der Waals surface area contributed by atoms with Gasteiger partial charge in [0.25, 0.3) is 10.0 Å². The number of carbonyl (C=O) groups excluding carboxylic acids is 1. The number of anilines is 1. The van der Waals surface area contributed by atoms with Gasteiger partial charge < -0.3 is 10.1 Å². The highest BCUT2D eigenvalue weighted by Gasteiger charge is 2.29. The van der Waals surface area contributed by atoms with Crippen molar-refractivity contribution >= 4 is 33.2 Å². The van der Waals surface area contributed by atoms with Crippen LogP contribution in [0.1, 0.15) is 24.0 Å². The van der Waals surface area contributed by atoms with E-state index in [1.165, 1.54) is 0 Å². The second kappa shape index (κ2) is 9.15. The first-order valence-electron chi connectivity index (χ1n) is 9.51. The quantitative estimate of drug-likeness (QED) is 0.721. The highest BCUT2D eigenvalue weighted by atomic mass is 35.5. The molecular weight excluding hydrogens is 412 g/mol. The summed E-state index contributed by atoms with van der Waals surface area (Å²) >= 11 is 6.12. The summed E-state index contributed by atoms with van der Waals surface area (Å²) < 4.78 is 33.4. The fraction of sp³-hybridized carbons (Fsp3) is 0.381. The molecule has 0 saturated carbocycles. The largest absolute Gasteiger partial charge is 0.376 e. The predicted molar refractivity (Wildman–Crippen MR) is 114 cm³/mol. The van der Waals surface area contributed by atoms with Gasteiger partial charge in [-0.3, -0.25) is 9.10 Å². The molecule has 2 aromatic carbocycles. The van der Waals surface area contributed by atoms with Gasteiger partial charge >= 0.3 is 0 Å². The molecule has 1 N–H and O–H groups in total. The van der Waals surface area contributed by atoms with Gasteiger partial charge in [0, 0.05) is 18.2 Å². The van der Waals surface area contributed by atoms with Gasteiger partial charge in [0.05, 0.1) is 16.7 Å². The van der Waals surface area contributed by atoms with Crippen LogP contribution in [0.2, 0.25) is 5.02 Å². The monoisotopic (exact) mass is 436 g/mol. The zero-order chi connectivity index (χ0) is 21.0. The van der Waals surface area contributed by atoms with Crippen LogP contribution in [0.3, 0.4) is 0 Å². The number of ether oxygens (including phenoxy) is 1. The van der Waals surface area contributed by atoms with E-state index in [1.54, 1.807) is 49.4 Å². The van der Waals surface area contributed by atoms with Crippen LogP contribution < -0.4 is 9.62 Å². The molecule has 8 heteroatoms. The number of hydrogen-bond donors (Lipinski definition) is 1. The molecule has 2 aromatic rings. The van der Waals surface area contributed by atoms with Gasteiger partial charge in [-0.1, -0.05) is 35.4 Å². The molecule has 1 fully saturated rings. The number of nitrogens with one attached hydrogen (secondary N) is 1. The van der Waals surface area contributed by atoms with Gasteiger partial charge in [0.2, 0.25) is 5.91 Å². The molecule has 0 aromatic heterocycles. The van der Waals surface area contributed by atoms with E-state index < -0.39 is 15.9 Å². The van der Waals surface area contributed by atoms with E-state index >= 15 is 0 Å². The highest BCUT2D eigenvalue weighted by molar-refractivity contribution is 7.92. The van der Waals surface area contributed by atoms with Crippen molar-refractivity contribution in [3.05, 3.63) is 58.6 Å². The molecule has 0 radical (unpaired) electrons. The Morgan fingerprint density at radius 2 is 1.93 bits per heavy atom. The summed E-state index contributed by atoms with van der Waals surface area (Å²) in [6.07, 6.45) is 1.84. The van der Waals surface area contributed by atoms with E-state index in [4.69, 9.17) is 16.3 Å². The molecule has 1 aliphatic heterocycles. The van der Waals surface area contributed by atoms with Crippen LogP contribution in [0.5, 0.6) is 0 Å². The fourth-order valence-corrected chi connectivity index (χ4v) is 4.85. The summed E-state index contributed by atoms with van der Waals surface area (Å²) in [6, 6.07) is 11.5. The van der Waals surface area contributed by atoms with E-state index in [2.05, 4.69) is 5.32 Å². The Bertz CT molecular complexity index is 971. The topological polar surface area (TPSA) is 75.7 Å². The zero-order valence-electron chi connectivity index (χ0n) is 16.5. The maximum Gasteiger partial charge on any atom is 0.264 e. The standard InChI is InChI=1S/C21H25ClN2O4S/c1-15-5-9-19(10-6-15)29(26,27)24(20-12-17(22)8-7-16(20)2)14-21(25)23-13-18-4-3-11-28-18/h5-10,12,18H,3-4,11,13-14H2,1-2H3,(H,23,25). The van der Waals surface area contributed by atoms with Crippen molar-refractivity contribution in [1.82, 2.24) is 5.32 Å². The fourth-order valence-electron chi connectivity index (χ4n) is 3.21. The molecule has 0 aliphatic carbocycles. The zero-order valence-corrected chi connectivity index (χ0v) is 18.1. The first-order valence-corrected chi connectivity index (χ1v) is 11.3. The van der Waals surface area contributed by atoms with Crippen LogP contribution in [0.15, 0.2) is 47.4 Å². The van der Waals surface area contributed by atoms with Gasteiger partial charge in [0.1, 0.15) is 6.54 Å². The third-order valence-corrected chi connectivity index (χ3v) is 6.90. The van der Waals surface area contributed by atoms with Gasteiger partial charge in [0.15, 0.2) is 0 Å². The van der Waals surface area contributed by atoms with Crippen molar-refractivity contribution in [3.8, 4) is 0 Å². The maximum atomic E-state index is 13.4. The molecule has 1 heterocycles. The third kappa shape index (κ3) is 5.29. The Labute approximate surface area is 176 Å². The Balaban J connectivity index is 1.90. The summed E-state index contributed by atoms with van der Waals surface area (Å²) in [4.78, 5) is 12.7. The molecule has 0 spiro atoms. The highest BCUT2D eigenvalue weighted by Crippen LogP contribution is 2.29. The minimum Gasteiger partial charge on any atom is -0.376 e. The lowest BCUT2D eigenvalue weighted by Gasteiger charge is -2.26. The second-order valence-corrected chi connectivity index (χ2v) is 9.49. The number of sulfonamides is 1. The van der Waals surface area contributed by atoms with Crippen LogP contribution in [-0.2, 0) is 19.6 Å². The number of halogens is 1. The van der Waals surface area contributed by atoms with E-state index in [0.29, 0.717) is 29.4 Å². The minimum atomic E-state index is -3.96. The normalized spacial score (nSPS) is 16.6. The molecule has 1 aliphatic rings. The molecule has 1 amide bonds. The van der Waals surface area contributed by atoms with Crippen molar-refractivity contribution < 1.29 is 17.9 Å². The number of rotatable bonds is 7. The lowest BCUT2D eigenvalue weighted by atomic mass is 10.2. The Morgan fingerprint density at radius 3 is 2.59 bits per heavy atom. The average Bonchev–Trinajstić information content (AvgIpc) is 3.20. The van der Waals surface area contributed by atoms with Gasteiger partial charge in [-0.15, -0.1) is 0 Å². The smallest absolute Gasteiger partial charge is 0.264 e. The molecule has 3 rings (SSSR count). The van der Waals surface area contributed by atoms with Crippen molar-refractivity contribution in [2.45, 2.75) is 37.7 Å². The maximum absolute atomic E-state index is 13.4. The van der Waals surface area contributed by atoms with Gasteiger partial charge in [-0.05, 0) is 56.5 Å². The summed E-state index contributed by atoms with van der Waals surface area (Å²) in [6.45, 7) is 4.38. The number of amides is 1. The molecule has 1 saturated heterocycles. The van der Waals surface area contributed by atoms with E-state index in [0.717, 1.165) is 22.7 Å². The minimum absolute atomic E-state index is 0.0194. The molecule has 29 heavy (non-hydrogen) atoms. The molecule has 6 nitrogen and oxygen atoms in total. The van der Waals surface area contributed by atoms with Gasteiger partial charge in [-0.2, -0.15) is 0 Å². The summed E-state index contributed by atoms with van der Waals surface area (Å²) in [5.74, 6) is -0.393. The van der Waals surface area contributed by atoms with Crippen molar-refractivity contribution in [1.29, 1.82) is 0 Å². The average molecular weight is 437 g/mol. The lowest BCUT2D eigenvalue weighted by molar-refractivity contribution is -0.120. The first kappa shape index (κ1) is 21.6. The van der Waals surface area contributed by atoms with Gasteiger partial charge in [-0.25, -0.2) is 8.42 Å².